The van der Waals surface area contributed by atoms with Crippen LogP contribution in [-0.4, -0.2) is 45.9 Å². The van der Waals surface area contributed by atoms with Crippen molar-refractivity contribution in [3.8, 4) is 0 Å². The number of rotatable bonds is 19. The minimum absolute atomic E-state index is 0.354. The van der Waals surface area contributed by atoms with Crippen LogP contribution in [0.2, 0.25) is 0 Å². The predicted molar refractivity (Wildman–Crippen MR) is 109 cm³/mol. The fraction of sp³-hybridized carbons (Fsp3) is 1.00. The Bertz CT molecular complexity index is 216. The second-order valence-corrected chi connectivity index (χ2v) is 9.00. The molecule has 0 aromatic heterocycles. The lowest BCUT2D eigenvalue weighted by atomic mass is 10.1. The Morgan fingerprint density at radius 1 is 0.696 bits per heavy atom. The van der Waals surface area contributed by atoms with Gasteiger partial charge >= 0.3 is 0 Å². The Labute approximate surface area is 153 Å². The molecule has 0 aromatic rings. The number of hydrogen-bond acceptors (Lipinski definition) is 4. The summed E-state index contributed by atoms with van der Waals surface area (Å²) in [7, 11) is 0. The minimum Gasteiger partial charge on any atom is -0.396 e. The van der Waals surface area contributed by atoms with Crippen molar-refractivity contribution in [3.63, 3.8) is 0 Å². The van der Waals surface area contributed by atoms with Gasteiger partial charge in [-0.2, -0.15) is 23.5 Å². The van der Waals surface area contributed by atoms with Gasteiger partial charge in [0.05, 0.1) is 0 Å². The van der Waals surface area contributed by atoms with Crippen molar-refractivity contribution in [2.24, 2.45) is 0 Å². The van der Waals surface area contributed by atoms with Gasteiger partial charge in [0, 0.05) is 24.2 Å². The van der Waals surface area contributed by atoms with Crippen LogP contribution in [0.25, 0.3) is 0 Å². The predicted octanol–water partition coefficient (Wildman–Crippen LogP) is 5.51. The summed E-state index contributed by atoms with van der Waals surface area (Å²) in [5, 5.41) is 18.4. The number of aliphatic hydroxyl groups is 2. The summed E-state index contributed by atoms with van der Waals surface area (Å²) in [6, 6.07) is 0. The van der Waals surface area contributed by atoms with Gasteiger partial charge in [-0.15, -0.1) is 0 Å². The summed E-state index contributed by atoms with van der Waals surface area (Å²) in [5.41, 5.74) is 0. The summed E-state index contributed by atoms with van der Waals surface area (Å²) >= 11 is 4.29. The molecule has 1 atom stereocenters. The maximum Gasteiger partial charge on any atom is 0.0431 e. The van der Waals surface area contributed by atoms with Crippen LogP contribution in [-0.2, 0) is 0 Å². The molecule has 0 rings (SSSR count). The highest BCUT2D eigenvalue weighted by Crippen LogP contribution is 2.23. The molecule has 1 unspecified atom stereocenters. The summed E-state index contributed by atoms with van der Waals surface area (Å²) in [6.45, 7) is 2.98. The molecule has 0 heterocycles. The molecule has 0 saturated carbocycles. The first-order chi connectivity index (χ1) is 11.3. The summed E-state index contributed by atoms with van der Waals surface area (Å²) < 4.78 is 0. The minimum atomic E-state index is 0.354. The third-order valence-electron chi connectivity index (χ3n) is 4.09. The summed E-state index contributed by atoms with van der Waals surface area (Å²) in [5.74, 6) is 3.87. The second kappa shape index (κ2) is 20.7. The molecule has 0 amide bonds. The first-order valence-corrected chi connectivity index (χ1v) is 12.0. The van der Waals surface area contributed by atoms with Crippen molar-refractivity contribution >= 4 is 23.5 Å². The van der Waals surface area contributed by atoms with Crippen molar-refractivity contribution < 1.29 is 10.2 Å². The zero-order valence-electron chi connectivity index (χ0n) is 15.3. The lowest BCUT2D eigenvalue weighted by Crippen LogP contribution is -2.07. The number of hydrogen-bond donors (Lipinski definition) is 2. The summed E-state index contributed by atoms with van der Waals surface area (Å²) in [6.07, 6.45) is 15.0. The highest BCUT2D eigenvalue weighted by Gasteiger charge is 2.08. The largest absolute Gasteiger partial charge is 0.396 e. The maximum absolute atomic E-state index is 8.78. The molecule has 2 nitrogen and oxygen atoms in total. The first kappa shape index (κ1) is 23.6. The van der Waals surface area contributed by atoms with Crippen LogP contribution in [0.5, 0.6) is 0 Å². The second-order valence-electron chi connectivity index (χ2n) is 6.28. The van der Waals surface area contributed by atoms with Crippen LogP contribution >= 0.6 is 23.5 Å². The lowest BCUT2D eigenvalue weighted by molar-refractivity contribution is 0.282. The van der Waals surface area contributed by atoms with E-state index in [9.17, 15) is 0 Å². The topological polar surface area (TPSA) is 40.5 Å². The lowest BCUT2D eigenvalue weighted by Gasteiger charge is -2.15. The van der Waals surface area contributed by atoms with Crippen molar-refractivity contribution in [1.29, 1.82) is 0 Å². The van der Waals surface area contributed by atoms with Crippen molar-refractivity contribution in [1.82, 2.24) is 0 Å². The zero-order valence-corrected chi connectivity index (χ0v) is 16.9. The van der Waals surface area contributed by atoms with Gasteiger partial charge in [0.15, 0.2) is 0 Å². The van der Waals surface area contributed by atoms with E-state index in [0.717, 1.165) is 18.1 Å². The van der Waals surface area contributed by atoms with E-state index in [4.69, 9.17) is 10.2 Å². The van der Waals surface area contributed by atoms with E-state index < -0.39 is 0 Å². The van der Waals surface area contributed by atoms with E-state index in [1.54, 1.807) is 0 Å². The fourth-order valence-corrected chi connectivity index (χ4v) is 5.19. The molecule has 4 heteroatoms. The number of thioether (sulfide) groups is 2. The highest BCUT2D eigenvalue weighted by atomic mass is 32.2. The van der Waals surface area contributed by atoms with Gasteiger partial charge in [-0.1, -0.05) is 58.3 Å². The van der Waals surface area contributed by atoms with E-state index in [1.165, 1.54) is 81.5 Å². The molecule has 0 bridgehead atoms. The van der Waals surface area contributed by atoms with E-state index in [-0.39, 0.29) is 0 Å². The molecular formula is C19H40O2S2. The smallest absolute Gasteiger partial charge is 0.0431 e. The highest BCUT2D eigenvalue weighted by molar-refractivity contribution is 8.03. The van der Waals surface area contributed by atoms with E-state index in [1.807, 2.05) is 0 Å². The van der Waals surface area contributed by atoms with E-state index in [0.29, 0.717) is 13.2 Å². The van der Waals surface area contributed by atoms with Crippen LogP contribution in [0.1, 0.15) is 84.0 Å². The van der Waals surface area contributed by atoms with Crippen molar-refractivity contribution in [2.75, 3.05) is 30.5 Å². The number of aliphatic hydroxyl groups excluding tert-OH is 2. The quantitative estimate of drug-likeness (QED) is 0.297. The molecule has 2 N–H and O–H groups in total. The molecular weight excluding hydrogens is 324 g/mol. The fourth-order valence-electron chi connectivity index (χ4n) is 2.70. The van der Waals surface area contributed by atoms with Gasteiger partial charge in [-0.05, 0) is 37.2 Å². The third-order valence-corrected chi connectivity index (χ3v) is 6.72. The molecule has 140 valence electrons. The van der Waals surface area contributed by atoms with Crippen molar-refractivity contribution in [2.45, 2.75) is 89.2 Å². The standard InChI is InChI=1S/C19H40O2S2/c1-2-23-19(14-10-6-5-8-12-16-21)18-22-17-13-9-4-3-7-11-15-20/h19-21H,2-18H2,1H3. The first-order valence-electron chi connectivity index (χ1n) is 9.76. The zero-order chi connectivity index (χ0) is 17.0. The van der Waals surface area contributed by atoms with Crippen molar-refractivity contribution in [3.05, 3.63) is 0 Å². The molecule has 0 aliphatic heterocycles. The Hall–Kier alpha value is 0.620. The maximum atomic E-state index is 8.78. The average molecular weight is 365 g/mol. The van der Waals surface area contributed by atoms with Crippen LogP contribution in [0.4, 0.5) is 0 Å². The number of unbranched alkanes of at least 4 members (excludes halogenated alkanes) is 9. The summed E-state index contributed by atoms with van der Waals surface area (Å²) in [4.78, 5) is 0. The molecule has 0 fully saturated rings. The van der Waals surface area contributed by atoms with Gasteiger partial charge < -0.3 is 10.2 Å². The third kappa shape index (κ3) is 18.8. The molecule has 0 aliphatic carbocycles. The molecule has 0 aliphatic rings. The van der Waals surface area contributed by atoms with Crippen LogP contribution < -0.4 is 0 Å². The van der Waals surface area contributed by atoms with Gasteiger partial charge in [-0.3, -0.25) is 0 Å². The van der Waals surface area contributed by atoms with E-state index in [2.05, 4.69) is 30.4 Å². The SMILES string of the molecule is CCSC(CCCCCCCO)CSCCCCCCCCO. The van der Waals surface area contributed by atoms with Crippen LogP contribution in [0.3, 0.4) is 0 Å². The van der Waals surface area contributed by atoms with Gasteiger partial charge in [-0.25, -0.2) is 0 Å². The Morgan fingerprint density at radius 2 is 1.22 bits per heavy atom. The van der Waals surface area contributed by atoms with Gasteiger partial charge in [0.2, 0.25) is 0 Å². The Balaban J connectivity index is 3.42. The Kier molecular flexibility index (Phi) is 21.2. The average Bonchev–Trinajstić information content (AvgIpc) is 2.56. The normalized spacial score (nSPS) is 12.7. The van der Waals surface area contributed by atoms with Gasteiger partial charge in [0.1, 0.15) is 0 Å². The monoisotopic (exact) mass is 364 g/mol. The molecule has 0 aromatic carbocycles. The van der Waals surface area contributed by atoms with E-state index >= 15 is 0 Å². The molecule has 0 spiro atoms. The van der Waals surface area contributed by atoms with Crippen LogP contribution in [0, 0.1) is 0 Å². The molecule has 0 saturated heterocycles. The Morgan fingerprint density at radius 3 is 1.78 bits per heavy atom. The molecule has 23 heavy (non-hydrogen) atoms. The van der Waals surface area contributed by atoms with Gasteiger partial charge in [0.25, 0.3) is 0 Å². The van der Waals surface area contributed by atoms with Crippen LogP contribution in [0.15, 0.2) is 0 Å². The molecule has 0 radical (unpaired) electrons.